The van der Waals surface area contributed by atoms with E-state index >= 15 is 0 Å². The number of carbonyl (C=O) groups is 5. The minimum atomic E-state index is -0.789. The third-order valence-corrected chi connectivity index (χ3v) is 14.2. The van der Waals surface area contributed by atoms with E-state index in [2.05, 4.69) is 14.8 Å². The predicted octanol–water partition coefficient (Wildman–Crippen LogP) is 8.12. The van der Waals surface area contributed by atoms with Crippen LogP contribution in [0.2, 0.25) is 5.02 Å². The molecule has 0 radical (unpaired) electrons. The first-order valence-corrected chi connectivity index (χ1v) is 24.6. The van der Waals surface area contributed by atoms with Crippen LogP contribution in [0.15, 0.2) is 66.7 Å². The Balaban J connectivity index is 0.940. The van der Waals surface area contributed by atoms with Gasteiger partial charge in [-0.25, -0.2) is 9.18 Å². The number of piperidine rings is 1. The lowest BCUT2D eigenvalue weighted by Gasteiger charge is -2.35. The molecule has 6 aromatic rings. The molecular formula is C54H59ClFN7O8. The zero-order valence-corrected chi connectivity index (χ0v) is 42.0. The summed E-state index contributed by atoms with van der Waals surface area (Å²) in [5, 5.41) is 10.0. The monoisotopic (exact) mass is 987 g/mol. The van der Waals surface area contributed by atoms with Gasteiger partial charge in [-0.05, 0) is 114 Å². The smallest absolute Gasteiger partial charge is 0.355 e. The first-order chi connectivity index (χ1) is 33.9. The average molecular weight is 989 g/mol. The van der Waals surface area contributed by atoms with Gasteiger partial charge in [0.15, 0.2) is 6.61 Å². The second-order valence-electron chi connectivity index (χ2n) is 19.6. The topological polar surface area (TPSA) is 158 Å². The molecule has 372 valence electrons. The summed E-state index contributed by atoms with van der Waals surface area (Å²) in [6.45, 7) is 14.4. The number of aryl methyl sites for hydroxylation is 3. The summed E-state index contributed by atoms with van der Waals surface area (Å²) in [4.78, 5) is 72.0. The molecule has 3 aliphatic heterocycles. The number of nitrogens with zero attached hydrogens (tertiary/aromatic N) is 6. The van der Waals surface area contributed by atoms with Crippen LogP contribution in [-0.4, -0.2) is 116 Å². The lowest BCUT2D eigenvalue weighted by atomic mass is 9.98. The molecule has 15 nitrogen and oxygen atoms in total. The van der Waals surface area contributed by atoms with Crippen LogP contribution in [-0.2, 0) is 39.1 Å². The van der Waals surface area contributed by atoms with E-state index < -0.39 is 29.6 Å². The summed E-state index contributed by atoms with van der Waals surface area (Å²) in [7, 11) is 1.90. The summed E-state index contributed by atoms with van der Waals surface area (Å²) >= 11 is 7.20. The highest BCUT2D eigenvalue weighted by atomic mass is 35.5. The number of ether oxygens (including phenoxy) is 3. The van der Waals surface area contributed by atoms with Crippen LogP contribution in [0.3, 0.4) is 0 Å². The second kappa shape index (κ2) is 19.8. The molecule has 4 amide bonds. The molecule has 5 heterocycles. The molecule has 2 atom stereocenters. The van der Waals surface area contributed by atoms with Crippen molar-refractivity contribution in [3.8, 4) is 22.6 Å². The van der Waals surface area contributed by atoms with Crippen LogP contribution in [0.1, 0.15) is 96.4 Å². The number of imide groups is 1. The van der Waals surface area contributed by atoms with Gasteiger partial charge in [0.1, 0.15) is 34.7 Å². The summed E-state index contributed by atoms with van der Waals surface area (Å²) in [5.74, 6) is -1.10. The van der Waals surface area contributed by atoms with Crippen LogP contribution >= 0.6 is 11.6 Å². The van der Waals surface area contributed by atoms with Crippen molar-refractivity contribution < 1.29 is 42.6 Å². The zero-order valence-electron chi connectivity index (χ0n) is 41.2. The average Bonchev–Trinajstić information content (AvgIpc) is 3.88. The molecule has 2 aromatic heterocycles. The number of rotatable bonds is 14. The van der Waals surface area contributed by atoms with Gasteiger partial charge in [0.25, 0.3) is 11.8 Å². The number of hydrogen-bond acceptors (Lipinski definition) is 10. The fourth-order valence-electron chi connectivity index (χ4n) is 10.5. The maximum Gasteiger partial charge on any atom is 0.355 e. The molecule has 3 aliphatic rings. The Morgan fingerprint density at radius 1 is 0.901 bits per heavy atom. The van der Waals surface area contributed by atoms with Gasteiger partial charge in [-0.1, -0.05) is 35.9 Å². The maximum absolute atomic E-state index is 14.6. The molecule has 71 heavy (non-hydrogen) atoms. The number of nitrogens with one attached hydrogen (secondary N) is 1. The van der Waals surface area contributed by atoms with E-state index in [-0.39, 0.29) is 43.0 Å². The normalized spacial score (nSPS) is 17.6. The van der Waals surface area contributed by atoms with Crippen molar-refractivity contribution in [2.75, 3.05) is 45.9 Å². The van der Waals surface area contributed by atoms with Crippen molar-refractivity contribution in [1.29, 1.82) is 0 Å². The van der Waals surface area contributed by atoms with Gasteiger partial charge < -0.3 is 28.6 Å². The Hall–Kier alpha value is -6.78. The first kappa shape index (κ1) is 49.2. The predicted molar refractivity (Wildman–Crippen MR) is 267 cm³/mol. The molecule has 0 spiro atoms. The maximum atomic E-state index is 14.6. The minimum absolute atomic E-state index is 0.143. The van der Waals surface area contributed by atoms with Gasteiger partial charge >= 0.3 is 5.97 Å². The first-order valence-electron chi connectivity index (χ1n) is 24.2. The second-order valence-corrected chi connectivity index (χ2v) is 20.0. The highest BCUT2D eigenvalue weighted by Crippen LogP contribution is 2.44. The number of halogens is 2. The Kier molecular flexibility index (Phi) is 13.7. The molecule has 4 aromatic carbocycles. The van der Waals surface area contributed by atoms with Crippen LogP contribution in [0.25, 0.3) is 32.8 Å². The number of carbonyl (C=O) groups excluding carboxylic acids is 5. The fourth-order valence-corrected chi connectivity index (χ4v) is 10.7. The number of esters is 1. The summed E-state index contributed by atoms with van der Waals surface area (Å²) in [6, 6.07) is 17.9. The summed E-state index contributed by atoms with van der Waals surface area (Å²) < 4.78 is 36.6. The number of amides is 4. The molecule has 1 N–H and O–H groups in total. The molecular weight excluding hydrogens is 929 g/mol. The number of piperazine rings is 1. The van der Waals surface area contributed by atoms with Crippen LogP contribution < -0.4 is 14.8 Å². The molecule has 2 unspecified atom stereocenters. The van der Waals surface area contributed by atoms with E-state index in [1.54, 1.807) is 29.2 Å². The zero-order chi connectivity index (χ0) is 50.5. The van der Waals surface area contributed by atoms with E-state index in [1.807, 2.05) is 83.6 Å². The highest BCUT2D eigenvalue weighted by Gasteiger charge is 2.44. The van der Waals surface area contributed by atoms with Crippen molar-refractivity contribution in [3.05, 3.63) is 111 Å². The van der Waals surface area contributed by atoms with Crippen LogP contribution in [0, 0.1) is 19.7 Å². The number of fused-ring (bicyclic) bond motifs is 3. The van der Waals surface area contributed by atoms with E-state index in [1.165, 1.54) is 17.0 Å². The largest absolute Gasteiger partial charge is 0.493 e. The van der Waals surface area contributed by atoms with Crippen molar-refractivity contribution >= 4 is 62.9 Å². The van der Waals surface area contributed by atoms with E-state index in [4.69, 9.17) is 30.9 Å². The molecule has 9 rings (SSSR count). The molecule has 17 heteroatoms. The minimum Gasteiger partial charge on any atom is -0.493 e. The molecule has 2 saturated heterocycles. The number of benzene rings is 4. The summed E-state index contributed by atoms with van der Waals surface area (Å²) in [5.41, 5.74) is 5.68. The van der Waals surface area contributed by atoms with Gasteiger partial charge in [0.2, 0.25) is 11.8 Å². The fraction of sp³-hybridized carbons (Fsp3) is 0.407. The number of hydrogen-bond donors (Lipinski definition) is 1. The lowest BCUT2D eigenvalue weighted by Crippen LogP contribution is -2.53. The number of aromatic nitrogens is 3. The Bertz CT molecular complexity index is 3110. The van der Waals surface area contributed by atoms with Crippen LogP contribution in [0.4, 0.5) is 4.39 Å². The van der Waals surface area contributed by atoms with Crippen molar-refractivity contribution in [2.45, 2.75) is 91.5 Å². The Morgan fingerprint density at radius 3 is 2.35 bits per heavy atom. The van der Waals surface area contributed by atoms with E-state index in [0.29, 0.717) is 92.1 Å². The molecule has 0 aliphatic carbocycles. The van der Waals surface area contributed by atoms with Crippen LogP contribution in [0.5, 0.6) is 11.5 Å². The Morgan fingerprint density at radius 2 is 1.63 bits per heavy atom. The third-order valence-electron chi connectivity index (χ3n) is 13.9. The molecule has 0 bridgehead atoms. The van der Waals surface area contributed by atoms with Crippen molar-refractivity contribution in [2.24, 2.45) is 7.05 Å². The van der Waals surface area contributed by atoms with E-state index in [0.717, 1.165) is 49.8 Å². The lowest BCUT2D eigenvalue weighted by molar-refractivity contribution is -0.137. The van der Waals surface area contributed by atoms with Gasteiger partial charge in [0, 0.05) is 91.5 Å². The standard InChI is InChI=1S/C54H59ClFN7O8/c1-31-46(32(2)59(7)58-31)48-40(55)19-18-38-37(13-10-28-69-42-14-8-11-34-29-35(56)16-17-36(34)42)50(53(68)71-54(4,5)6)62(49(38)48)27-24-60-22-25-61(26-23-60)45(65)30-70-43-15-9-12-39-47(43)33(3)63(52(39)67)41-20-21-44(64)57-51(41)66/h8-9,11-12,14-19,29,33,41H,10,13,20-28,30H2,1-7H3,(H,57,64,66). The Labute approximate surface area is 416 Å². The summed E-state index contributed by atoms with van der Waals surface area (Å²) in [6.07, 6.45) is 1.41. The van der Waals surface area contributed by atoms with Crippen molar-refractivity contribution in [1.82, 2.24) is 34.4 Å². The molecule has 0 saturated carbocycles. The van der Waals surface area contributed by atoms with Gasteiger partial charge in [0.05, 0.1) is 28.9 Å². The van der Waals surface area contributed by atoms with Gasteiger partial charge in [-0.15, -0.1) is 0 Å². The third kappa shape index (κ3) is 9.71. The van der Waals surface area contributed by atoms with E-state index in [9.17, 15) is 28.4 Å². The van der Waals surface area contributed by atoms with Gasteiger partial charge in [-0.3, -0.25) is 34.1 Å². The SMILES string of the molecule is Cc1nn(C)c(C)c1-c1c(Cl)ccc2c(CCCOc3cccc4cc(F)ccc34)c(C(=O)OC(C)(C)C)n(CCN3CCN(C(=O)COc4cccc5c4C(C)N(C4CCC(=O)NC4=O)C5=O)CC3)c12. The van der Waals surface area contributed by atoms with Crippen molar-refractivity contribution in [3.63, 3.8) is 0 Å². The quantitative estimate of drug-likeness (QED) is 0.0643. The molecule has 2 fully saturated rings. The highest BCUT2D eigenvalue weighted by molar-refractivity contribution is 6.35. The van der Waals surface area contributed by atoms with Gasteiger partial charge in [-0.2, -0.15) is 5.10 Å².